The van der Waals surface area contributed by atoms with Crippen LogP contribution in [-0.2, 0) is 0 Å². The average Bonchev–Trinajstić information content (AvgIpc) is 2.79. The lowest BCUT2D eigenvalue weighted by Gasteiger charge is -2.16. The zero-order valence-electron chi connectivity index (χ0n) is 10.9. The van der Waals surface area contributed by atoms with Crippen molar-refractivity contribution >= 4 is 0 Å². The molecule has 94 valence electrons. The largest absolute Gasteiger partial charge is 0.305 e. The Balaban J connectivity index is 1.98. The van der Waals surface area contributed by atoms with E-state index < -0.39 is 0 Å². The molecule has 1 unspecified atom stereocenters. The Hall–Kier alpha value is -2.11. The zero-order valence-corrected chi connectivity index (χ0v) is 10.9. The minimum Gasteiger partial charge on any atom is -0.305 e. The van der Waals surface area contributed by atoms with Gasteiger partial charge in [-0.15, -0.1) is 0 Å². The number of hydrogen-bond acceptors (Lipinski definition) is 2. The number of benzene rings is 2. The highest BCUT2D eigenvalue weighted by Crippen LogP contribution is 2.42. The van der Waals surface area contributed by atoms with E-state index in [-0.39, 0.29) is 12.0 Å². The highest BCUT2D eigenvalue weighted by Gasteiger charge is 2.27. The monoisotopic (exact) mass is 248 g/mol. The fourth-order valence-corrected chi connectivity index (χ4v) is 2.72. The van der Waals surface area contributed by atoms with Crippen LogP contribution in [-0.4, -0.2) is 6.54 Å². The Morgan fingerprint density at radius 1 is 1.05 bits per heavy atom. The summed E-state index contributed by atoms with van der Waals surface area (Å²) in [5, 5.41) is 12.4. The molecule has 19 heavy (non-hydrogen) atoms. The molecule has 0 amide bonds. The zero-order chi connectivity index (χ0) is 13.2. The molecule has 0 aliphatic heterocycles. The summed E-state index contributed by atoms with van der Waals surface area (Å²) < 4.78 is 0. The van der Waals surface area contributed by atoms with Crippen molar-refractivity contribution in [1.82, 2.24) is 5.32 Å². The minimum absolute atomic E-state index is 0.0277. The van der Waals surface area contributed by atoms with Crippen LogP contribution in [0.15, 0.2) is 48.5 Å². The van der Waals surface area contributed by atoms with Crippen LogP contribution in [0.4, 0.5) is 0 Å². The van der Waals surface area contributed by atoms with E-state index in [1.54, 1.807) is 0 Å². The van der Waals surface area contributed by atoms with Crippen LogP contribution in [0.25, 0.3) is 11.1 Å². The van der Waals surface area contributed by atoms with Gasteiger partial charge in [-0.05, 0) is 29.2 Å². The first-order valence-corrected chi connectivity index (χ1v) is 6.62. The summed E-state index contributed by atoms with van der Waals surface area (Å²) in [6.45, 7) is 2.66. The van der Waals surface area contributed by atoms with Crippen LogP contribution in [0.3, 0.4) is 0 Å². The topological polar surface area (TPSA) is 35.8 Å². The molecular formula is C17H16N2. The quantitative estimate of drug-likeness (QED) is 0.902. The van der Waals surface area contributed by atoms with Crippen molar-refractivity contribution < 1.29 is 0 Å². The molecular weight excluding hydrogens is 232 g/mol. The van der Waals surface area contributed by atoms with Crippen LogP contribution in [0.5, 0.6) is 0 Å². The lowest BCUT2D eigenvalue weighted by molar-refractivity contribution is 0.555. The maximum atomic E-state index is 8.91. The molecule has 0 bridgehead atoms. The first kappa shape index (κ1) is 12.0. The number of nitriles is 1. The van der Waals surface area contributed by atoms with Gasteiger partial charge in [0.2, 0.25) is 0 Å². The summed E-state index contributed by atoms with van der Waals surface area (Å²) >= 11 is 0. The Labute approximate surface area is 113 Å². The highest BCUT2D eigenvalue weighted by molar-refractivity contribution is 5.78. The number of nitrogens with zero attached hydrogens (tertiary/aromatic N) is 1. The van der Waals surface area contributed by atoms with Crippen molar-refractivity contribution in [2.24, 2.45) is 5.92 Å². The molecule has 2 aromatic rings. The molecule has 2 nitrogen and oxygen atoms in total. The molecule has 3 rings (SSSR count). The predicted octanol–water partition coefficient (Wildman–Crippen LogP) is 3.51. The molecule has 0 radical (unpaired) electrons. The van der Waals surface area contributed by atoms with E-state index >= 15 is 0 Å². The summed E-state index contributed by atoms with van der Waals surface area (Å²) in [6, 6.07) is 19.5. The van der Waals surface area contributed by atoms with E-state index in [1.807, 2.05) is 6.92 Å². The van der Waals surface area contributed by atoms with Gasteiger partial charge in [0.15, 0.2) is 0 Å². The molecule has 2 aromatic carbocycles. The Morgan fingerprint density at radius 2 is 1.58 bits per heavy atom. The molecule has 1 atom stereocenters. The van der Waals surface area contributed by atoms with E-state index in [0.717, 1.165) is 0 Å². The standard InChI is InChI=1S/C17H16N2/c1-12(10-18)11-19-17-15-8-4-2-6-13(15)14-7-3-5-9-16(14)17/h2-9,12,17,19H,11H2,1H3. The molecule has 1 aliphatic rings. The summed E-state index contributed by atoms with van der Waals surface area (Å²) in [5.41, 5.74) is 5.24. The number of nitrogens with one attached hydrogen (secondary N) is 1. The normalized spacial score (nSPS) is 14.5. The third-order valence-electron chi connectivity index (χ3n) is 3.68. The van der Waals surface area contributed by atoms with Crippen molar-refractivity contribution in [3.05, 3.63) is 59.7 Å². The second kappa shape index (κ2) is 4.87. The van der Waals surface area contributed by atoms with Gasteiger partial charge in [-0.2, -0.15) is 5.26 Å². The number of rotatable bonds is 3. The fraction of sp³-hybridized carbons (Fsp3) is 0.235. The van der Waals surface area contributed by atoms with Gasteiger partial charge in [0.05, 0.1) is 18.0 Å². The highest BCUT2D eigenvalue weighted by atomic mass is 14.9. The van der Waals surface area contributed by atoms with Gasteiger partial charge >= 0.3 is 0 Å². The number of hydrogen-bond donors (Lipinski definition) is 1. The summed E-state index contributed by atoms with van der Waals surface area (Å²) in [7, 11) is 0. The molecule has 0 fully saturated rings. The molecule has 0 saturated carbocycles. The molecule has 0 saturated heterocycles. The van der Waals surface area contributed by atoms with E-state index in [0.29, 0.717) is 6.54 Å². The average molecular weight is 248 g/mol. The summed E-state index contributed by atoms with van der Waals surface area (Å²) in [4.78, 5) is 0. The van der Waals surface area contributed by atoms with Crippen LogP contribution in [0.2, 0.25) is 0 Å². The molecule has 1 N–H and O–H groups in total. The van der Waals surface area contributed by atoms with Gasteiger partial charge in [-0.1, -0.05) is 48.5 Å². The van der Waals surface area contributed by atoms with Crippen LogP contribution >= 0.6 is 0 Å². The summed E-state index contributed by atoms with van der Waals surface area (Å²) in [5.74, 6) is 0.0277. The fourth-order valence-electron chi connectivity index (χ4n) is 2.72. The van der Waals surface area contributed by atoms with E-state index in [2.05, 4.69) is 59.9 Å². The second-order valence-corrected chi connectivity index (χ2v) is 5.05. The first-order chi connectivity index (χ1) is 9.31. The Bertz CT molecular complexity index is 594. The maximum Gasteiger partial charge on any atom is 0.0666 e. The lowest BCUT2D eigenvalue weighted by atomic mass is 10.0. The van der Waals surface area contributed by atoms with Crippen molar-refractivity contribution in [3.8, 4) is 17.2 Å². The molecule has 2 heteroatoms. The Morgan fingerprint density at radius 3 is 2.11 bits per heavy atom. The van der Waals surface area contributed by atoms with Gasteiger partial charge in [0.1, 0.15) is 0 Å². The first-order valence-electron chi connectivity index (χ1n) is 6.62. The van der Waals surface area contributed by atoms with Crippen LogP contribution in [0.1, 0.15) is 24.1 Å². The third-order valence-corrected chi connectivity index (χ3v) is 3.68. The maximum absolute atomic E-state index is 8.91. The second-order valence-electron chi connectivity index (χ2n) is 5.05. The van der Waals surface area contributed by atoms with Gasteiger partial charge in [0.25, 0.3) is 0 Å². The SMILES string of the molecule is CC(C#N)CNC1c2ccccc2-c2ccccc21. The summed E-state index contributed by atoms with van der Waals surface area (Å²) in [6.07, 6.45) is 0. The van der Waals surface area contributed by atoms with Crippen molar-refractivity contribution in [1.29, 1.82) is 5.26 Å². The van der Waals surface area contributed by atoms with E-state index in [1.165, 1.54) is 22.3 Å². The molecule has 0 aromatic heterocycles. The third kappa shape index (κ3) is 2.03. The van der Waals surface area contributed by atoms with Crippen LogP contribution < -0.4 is 5.32 Å². The van der Waals surface area contributed by atoms with Crippen molar-refractivity contribution in [2.75, 3.05) is 6.54 Å². The van der Waals surface area contributed by atoms with Gasteiger partial charge in [0, 0.05) is 6.54 Å². The molecule has 1 aliphatic carbocycles. The van der Waals surface area contributed by atoms with Gasteiger partial charge in [-0.3, -0.25) is 0 Å². The smallest absolute Gasteiger partial charge is 0.0666 e. The predicted molar refractivity (Wildman–Crippen MR) is 76.5 cm³/mol. The van der Waals surface area contributed by atoms with Crippen molar-refractivity contribution in [3.63, 3.8) is 0 Å². The minimum atomic E-state index is 0.0277. The van der Waals surface area contributed by atoms with E-state index in [4.69, 9.17) is 5.26 Å². The number of fused-ring (bicyclic) bond motifs is 3. The Kier molecular flexibility index (Phi) is 3.06. The molecule has 0 spiro atoms. The van der Waals surface area contributed by atoms with Crippen LogP contribution in [0, 0.1) is 17.2 Å². The lowest BCUT2D eigenvalue weighted by Crippen LogP contribution is -2.25. The molecule has 0 heterocycles. The van der Waals surface area contributed by atoms with Gasteiger partial charge in [-0.25, -0.2) is 0 Å². The van der Waals surface area contributed by atoms with E-state index in [9.17, 15) is 0 Å². The van der Waals surface area contributed by atoms with Gasteiger partial charge < -0.3 is 5.32 Å². The van der Waals surface area contributed by atoms with Crippen molar-refractivity contribution in [2.45, 2.75) is 13.0 Å².